The van der Waals surface area contributed by atoms with Gasteiger partial charge in [-0.05, 0) is 86.9 Å². The highest BCUT2D eigenvalue weighted by molar-refractivity contribution is 6.32. The van der Waals surface area contributed by atoms with Gasteiger partial charge in [-0.25, -0.2) is 0 Å². The van der Waals surface area contributed by atoms with E-state index in [0.29, 0.717) is 0 Å². The predicted octanol–water partition coefficient (Wildman–Crippen LogP) is 11.4. The van der Waals surface area contributed by atoms with Crippen LogP contribution in [0.5, 0.6) is 0 Å². The molecule has 184 valence electrons. The highest BCUT2D eigenvalue weighted by atomic mass is 14.2. The van der Waals surface area contributed by atoms with E-state index in [-0.39, 0.29) is 0 Å². The van der Waals surface area contributed by atoms with Crippen molar-refractivity contribution in [2.24, 2.45) is 0 Å². The molecule has 0 fully saturated rings. The number of hydrogen-bond acceptors (Lipinski definition) is 0. The molecule has 0 N–H and O–H groups in total. The summed E-state index contributed by atoms with van der Waals surface area (Å²) in [7, 11) is 0. The fourth-order valence-corrected chi connectivity index (χ4v) is 7.10. The Labute approximate surface area is 232 Å². The minimum Gasteiger partial charge on any atom is -0.0622 e. The molecule has 0 spiro atoms. The minimum absolute atomic E-state index is 1.25. The maximum Gasteiger partial charge on any atom is -0.00139 e. The lowest BCUT2D eigenvalue weighted by Gasteiger charge is -2.21. The number of hydrogen-bond donors (Lipinski definition) is 0. The third-order valence-corrected chi connectivity index (χ3v) is 8.77. The van der Waals surface area contributed by atoms with Crippen molar-refractivity contribution in [3.63, 3.8) is 0 Å². The Morgan fingerprint density at radius 1 is 0.250 bits per heavy atom. The zero-order valence-corrected chi connectivity index (χ0v) is 21.9. The summed E-state index contributed by atoms with van der Waals surface area (Å²) < 4.78 is 0. The van der Waals surface area contributed by atoms with Crippen molar-refractivity contribution >= 4 is 64.6 Å². The smallest absolute Gasteiger partial charge is 0.00139 e. The van der Waals surface area contributed by atoms with Gasteiger partial charge in [-0.2, -0.15) is 0 Å². The molecule has 0 aliphatic rings. The molecule has 0 aliphatic carbocycles. The SMILES string of the molecule is c1ccc(-c2c3ccccc3c(-c3ccc4ccc5cccc6ccc3c4c56)c3c2ccc2ccccc23)cc1. The molecule has 0 bridgehead atoms. The monoisotopic (exact) mass is 504 g/mol. The van der Waals surface area contributed by atoms with Gasteiger partial charge in [-0.15, -0.1) is 0 Å². The molecular weight excluding hydrogens is 480 g/mol. The van der Waals surface area contributed by atoms with Crippen LogP contribution in [0, 0.1) is 0 Å². The molecule has 0 nitrogen and oxygen atoms in total. The Balaban J connectivity index is 1.55. The van der Waals surface area contributed by atoms with Crippen LogP contribution in [0.15, 0.2) is 146 Å². The first-order chi connectivity index (χ1) is 19.9. The van der Waals surface area contributed by atoms with Crippen LogP contribution >= 0.6 is 0 Å². The molecule has 9 aromatic carbocycles. The molecule has 0 amide bonds. The summed E-state index contributed by atoms with van der Waals surface area (Å²) >= 11 is 0. The van der Waals surface area contributed by atoms with Crippen molar-refractivity contribution in [2.45, 2.75) is 0 Å². The van der Waals surface area contributed by atoms with Gasteiger partial charge in [0.25, 0.3) is 0 Å². The summed E-state index contributed by atoms with van der Waals surface area (Å²) in [6.07, 6.45) is 0. The first kappa shape index (κ1) is 21.7. The fraction of sp³-hybridized carbons (Fsp3) is 0. The molecule has 9 rings (SSSR count). The van der Waals surface area contributed by atoms with Crippen molar-refractivity contribution in [2.75, 3.05) is 0 Å². The fourth-order valence-electron chi connectivity index (χ4n) is 7.10. The highest BCUT2D eigenvalue weighted by Gasteiger charge is 2.20. The van der Waals surface area contributed by atoms with Crippen LogP contribution in [0.3, 0.4) is 0 Å². The Kier molecular flexibility index (Phi) is 4.42. The standard InChI is InChI=1S/C40H24/c1-2-10-26(11-3-1)37-31-15-6-7-16-32(31)40(39-30-14-5-4-9-25(30)19-24-35(37)39)34-23-21-29-18-17-27-12-8-13-28-20-22-33(34)38(29)36(27)28/h1-24H. The van der Waals surface area contributed by atoms with Crippen LogP contribution in [0.4, 0.5) is 0 Å². The minimum atomic E-state index is 1.25. The maximum absolute atomic E-state index is 2.35. The average Bonchev–Trinajstić information content (AvgIpc) is 3.03. The third kappa shape index (κ3) is 2.91. The van der Waals surface area contributed by atoms with Crippen LogP contribution in [0.1, 0.15) is 0 Å². The van der Waals surface area contributed by atoms with E-state index in [2.05, 4.69) is 146 Å². The second kappa shape index (κ2) is 8.15. The lowest BCUT2D eigenvalue weighted by atomic mass is 9.82. The molecule has 0 heteroatoms. The van der Waals surface area contributed by atoms with E-state index >= 15 is 0 Å². The Hall–Kier alpha value is -5.20. The molecule has 0 saturated heterocycles. The van der Waals surface area contributed by atoms with E-state index in [9.17, 15) is 0 Å². The van der Waals surface area contributed by atoms with Gasteiger partial charge in [0.2, 0.25) is 0 Å². The molecule has 0 aliphatic heterocycles. The summed E-state index contributed by atoms with van der Waals surface area (Å²) in [5.41, 5.74) is 5.17. The molecule has 9 aromatic rings. The Morgan fingerprint density at radius 2 is 0.800 bits per heavy atom. The van der Waals surface area contributed by atoms with Crippen molar-refractivity contribution in [1.29, 1.82) is 0 Å². The van der Waals surface area contributed by atoms with Crippen LogP contribution in [-0.2, 0) is 0 Å². The van der Waals surface area contributed by atoms with Crippen molar-refractivity contribution < 1.29 is 0 Å². The molecular formula is C40H24. The quantitative estimate of drug-likeness (QED) is 0.162. The van der Waals surface area contributed by atoms with E-state index in [1.807, 2.05) is 0 Å². The van der Waals surface area contributed by atoms with E-state index in [1.165, 1.54) is 86.9 Å². The molecule has 0 heterocycles. The number of fused-ring (bicyclic) bond motifs is 4. The van der Waals surface area contributed by atoms with Crippen molar-refractivity contribution in [1.82, 2.24) is 0 Å². The lowest BCUT2D eigenvalue weighted by Crippen LogP contribution is -1.93. The summed E-state index contributed by atoms with van der Waals surface area (Å²) in [6, 6.07) is 53.8. The summed E-state index contributed by atoms with van der Waals surface area (Å²) in [5, 5.41) is 15.7. The number of benzene rings is 9. The van der Waals surface area contributed by atoms with Gasteiger partial charge >= 0.3 is 0 Å². The van der Waals surface area contributed by atoms with E-state index in [1.54, 1.807) is 0 Å². The Morgan fingerprint density at radius 3 is 1.60 bits per heavy atom. The normalized spacial score (nSPS) is 12.0. The second-order valence-electron chi connectivity index (χ2n) is 10.8. The molecule has 0 unspecified atom stereocenters. The topological polar surface area (TPSA) is 0 Å². The highest BCUT2D eigenvalue weighted by Crippen LogP contribution is 2.48. The van der Waals surface area contributed by atoms with E-state index in [4.69, 9.17) is 0 Å². The van der Waals surface area contributed by atoms with Crippen LogP contribution in [-0.4, -0.2) is 0 Å². The second-order valence-corrected chi connectivity index (χ2v) is 10.8. The number of rotatable bonds is 2. The summed E-state index contributed by atoms with van der Waals surface area (Å²) in [4.78, 5) is 0. The largest absolute Gasteiger partial charge is 0.0622 e. The average molecular weight is 505 g/mol. The molecule has 0 radical (unpaired) electrons. The van der Waals surface area contributed by atoms with Crippen LogP contribution < -0.4 is 0 Å². The molecule has 0 aromatic heterocycles. The first-order valence-corrected chi connectivity index (χ1v) is 14.0. The van der Waals surface area contributed by atoms with E-state index in [0.717, 1.165) is 0 Å². The van der Waals surface area contributed by atoms with Crippen LogP contribution in [0.2, 0.25) is 0 Å². The van der Waals surface area contributed by atoms with Gasteiger partial charge in [-0.1, -0.05) is 146 Å². The van der Waals surface area contributed by atoms with Crippen molar-refractivity contribution in [3.05, 3.63) is 146 Å². The summed E-state index contributed by atoms with van der Waals surface area (Å²) in [5.74, 6) is 0. The lowest BCUT2D eigenvalue weighted by molar-refractivity contribution is 1.67. The van der Waals surface area contributed by atoms with Crippen LogP contribution in [0.25, 0.3) is 86.9 Å². The molecule has 0 atom stereocenters. The zero-order chi connectivity index (χ0) is 26.2. The molecule has 40 heavy (non-hydrogen) atoms. The molecule has 0 saturated carbocycles. The predicted molar refractivity (Wildman–Crippen MR) is 174 cm³/mol. The van der Waals surface area contributed by atoms with Gasteiger partial charge in [0.1, 0.15) is 0 Å². The zero-order valence-electron chi connectivity index (χ0n) is 21.9. The van der Waals surface area contributed by atoms with E-state index < -0.39 is 0 Å². The summed E-state index contributed by atoms with van der Waals surface area (Å²) in [6.45, 7) is 0. The van der Waals surface area contributed by atoms with Gasteiger partial charge in [0.05, 0.1) is 0 Å². The van der Waals surface area contributed by atoms with Crippen molar-refractivity contribution in [3.8, 4) is 22.3 Å². The van der Waals surface area contributed by atoms with Gasteiger partial charge in [0.15, 0.2) is 0 Å². The van der Waals surface area contributed by atoms with Gasteiger partial charge < -0.3 is 0 Å². The maximum atomic E-state index is 2.35. The van der Waals surface area contributed by atoms with Gasteiger partial charge in [0, 0.05) is 0 Å². The van der Waals surface area contributed by atoms with Gasteiger partial charge in [-0.3, -0.25) is 0 Å². The Bertz CT molecular complexity index is 2400. The third-order valence-electron chi connectivity index (χ3n) is 8.77. The first-order valence-electron chi connectivity index (χ1n) is 14.0.